The van der Waals surface area contributed by atoms with Gasteiger partial charge in [-0.3, -0.25) is 0 Å². The van der Waals surface area contributed by atoms with Crippen molar-refractivity contribution < 1.29 is 4.79 Å². The first kappa shape index (κ1) is 7.45. The van der Waals surface area contributed by atoms with Crippen LogP contribution in [0.15, 0.2) is 41.9 Å². The van der Waals surface area contributed by atoms with Gasteiger partial charge in [0, 0.05) is 5.56 Å². The molecule has 11 heavy (non-hydrogen) atoms. The molecule has 2 nitrogen and oxygen atoms in total. The van der Waals surface area contributed by atoms with Gasteiger partial charge < -0.3 is 0 Å². The second kappa shape index (κ2) is 3.49. The van der Waals surface area contributed by atoms with E-state index in [9.17, 15) is 4.79 Å². The van der Waals surface area contributed by atoms with Crippen LogP contribution in [0.2, 0.25) is 0 Å². The molecule has 0 N–H and O–H groups in total. The molecule has 0 saturated carbocycles. The predicted octanol–water partition coefficient (Wildman–Crippen LogP) is 1.99. The summed E-state index contributed by atoms with van der Waals surface area (Å²) in [4.78, 5) is 13.2. The fourth-order valence-corrected chi connectivity index (χ4v) is 0.750. The van der Waals surface area contributed by atoms with E-state index in [0.717, 1.165) is 5.56 Å². The van der Waals surface area contributed by atoms with E-state index in [1.54, 1.807) is 0 Å². The molecule has 0 aliphatic rings. The van der Waals surface area contributed by atoms with Crippen LogP contribution in [0.4, 0.5) is 0 Å². The minimum absolute atomic E-state index is 0.445. The molecular formula is C9H7NO. The number of isocyanates is 1. The second-order valence-electron chi connectivity index (χ2n) is 2.02. The van der Waals surface area contributed by atoms with Gasteiger partial charge in [-0.05, 0) is 0 Å². The molecule has 1 rings (SSSR count). The smallest absolute Gasteiger partial charge is 0.211 e. The Morgan fingerprint density at radius 1 is 1.36 bits per heavy atom. The molecule has 2 heteroatoms. The van der Waals surface area contributed by atoms with E-state index >= 15 is 0 Å². The van der Waals surface area contributed by atoms with Crippen molar-refractivity contribution in [2.75, 3.05) is 0 Å². The molecule has 0 aliphatic carbocycles. The highest BCUT2D eigenvalue weighted by atomic mass is 16.1. The summed E-state index contributed by atoms with van der Waals surface area (Å²) in [5.74, 6) is 0. The minimum Gasteiger partial charge on any atom is -0.211 e. The Bertz CT molecular complexity index is 297. The van der Waals surface area contributed by atoms with Crippen molar-refractivity contribution in [3.8, 4) is 0 Å². The maximum atomic E-state index is 9.84. The molecule has 0 radical (unpaired) electrons. The Kier molecular flexibility index (Phi) is 2.37. The summed E-state index contributed by atoms with van der Waals surface area (Å²) in [6.45, 7) is 3.59. The van der Waals surface area contributed by atoms with Crippen LogP contribution in [-0.4, -0.2) is 6.08 Å². The van der Waals surface area contributed by atoms with Gasteiger partial charge in [0.05, 0.1) is 5.70 Å². The summed E-state index contributed by atoms with van der Waals surface area (Å²) in [7, 11) is 0. The van der Waals surface area contributed by atoms with E-state index in [1.807, 2.05) is 30.3 Å². The number of nitrogens with zero attached hydrogens (tertiary/aromatic N) is 1. The SMILES string of the molecule is C=C(N=C=O)c1ccccc1. The molecule has 0 saturated heterocycles. The lowest BCUT2D eigenvalue weighted by molar-refractivity contribution is 0.565. The van der Waals surface area contributed by atoms with Crippen molar-refractivity contribution in [1.29, 1.82) is 0 Å². The lowest BCUT2D eigenvalue weighted by Gasteiger charge is -1.94. The van der Waals surface area contributed by atoms with Crippen LogP contribution in [0.5, 0.6) is 0 Å². The third-order valence-corrected chi connectivity index (χ3v) is 1.29. The average molecular weight is 145 g/mol. The lowest BCUT2D eigenvalue weighted by atomic mass is 10.2. The van der Waals surface area contributed by atoms with E-state index in [0.29, 0.717) is 5.70 Å². The first-order chi connectivity index (χ1) is 5.34. The highest BCUT2D eigenvalue weighted by Gasteiger charge is 1.92. The zero-order valence-electron chi connectivity index (χ0n) is 5.95. The third-order valence-electron chi connectivity index (χ3n) is 1.29. The van der Waals surface area contributed by atoms with E-state index in [-0.39, 0.29) is 0 Å². The molecule has 1 aromatic rings. The van der Waals surface area contributed by atoms with Gasteiger partial charge >= 0.3 is 0 Å². The molecule has 0 atom stereocenters. The van der Waals surface area contributed by atoms with Gasteiger partial charge in [0.2, 0.25) is 6.08 Å². The molecular weight excluding hydrogens is 138 g/mol. The summed E-state index contributed by atoms with van der Waals surface area (Å²) in [5, 5.41) is 0. The molecule has 0 fully saturated rings. The summed E-state index contributed by atoms with van der Waals surface area (Å²) in [6.07, 6.45) is 1.44. The van der Waals surface area contributed by atoms with Gasteiger partial charge in [-0.25, -0.2) is 4.79 Å². The number of hydrogen-bond donors (Lipinski definition) is 0. The summed E-state index contributed by atoms with van der Waals surface area (Å²) >= 11 is 0. The van der Waals surface area contributed by atoms with Crippen LogP contribution in [0.1, 0.15) is 5.56 Å². The maximum Gasteiger partial charge on any atom is 0.240 e. The van der Waals surface area contributed by atoms with E-state index < -0.39 is 0 Å². The van der Waals surface area contributed by atoms with Crippen LogP contribution >= 0.6 is 0 Å². The maximum absolute atomic E-state index is 9.84. The summed E-state index contributed by atoms with van der Waals surface area (Å²) in [6, 6.07) is 9.29. The largest absolute Gasteiger partial charge is 0.240 e. The van der Waals surface area contributed by atoms with Crippen LogP contribution in [0, 0.1) is 0 Å². The second-order valence-corrected chi connectivity index (χ2v) is 2.02. The highest BCUT2D eigenvalue weighted by Crippen LogP contribution is 2.10. The van der Waals surface area contributed by atoms with Crippen molar-refractivity contribution in [2.45, 2.75) is 0 Å². The van der Waals surface area contributed by atoms with Gasteiger partial charge in [-0.1, -0.05) is 36.9 Å². The Hall–Kier alpha value is -1.66. The first-order valence-corrected chi connectivity index (χ1v) is 3.17. The van der Waals surface area contributed by atoms with E-state index in [4.69, 9.17) is 0 Å². The van der Waals surface area contributed by atoms with Crippen LogP contribution in [-0.2, 0) is 4.79 Å². The van der Waals surface area contributed by atoms with E-state index in [1.165, 1.54) is 6.08 Å². The minimum atomic E-state index is 0.445. The molecule has 0 aromatic heterocycles. The standard InChI is InChI=1S/C9H7NO/c1-8(10-7-11)9-5-3-2-4-6-9/h2-6H,1H2. The fourth-order valence-electron chi connectivity index (χ4n) is 0.750. The van der Waals surface area contributed by atoms with Crippen LogP contribution in [0.25, 0.3) is 5.70 Å². The number of aliphatic imine (C=N–C) groups is 1. The van der Waals surface area contributed by atoms with Crippen molar-refractivity contribution in [3.63, 3.8) is 0 Å². The Labute approximate surface area is 64.9 Å². The molecule has 0 heterocycles. The third kappa shape index (κ3) is 1.88. The van der Waals surface area contributed by atoms with Gasteiger partial charge in [-0.2, -0.15) is 4.99 Å². The predicted molar refractivity (Wildman–Crippen MR) is 43.6 cm³/mol. The van der Waals surface area contributed by atoms with Gasteiger partial charge in [0.15, 0.2) is 0 Å². The summed E-state index contributed by atoms with van der Waals surface area (Å²) in [5.41, 5.74) is 1.29. The number of hydrogen-bond acceptors (Lipinski definition) is 2. The average Bonchev–Trinajstić information content (AvgIpc) is 2.07. The first-order valence-electron chi connectivity index (χ1n) is 3.17. The number of carbonyl (C=O) groups excluding carboxylic acids is 1. The number of benzene rings is 1. The molecule has 54 valence electrons. The monoisotopic (exact) mass is 145 g/mol. The quantitative estimate of drug-likeness (QED) is 0.462. The molecule has 0 amide bonds. The number of rotatable bonds is 2. The summed E-state index contributed by atoms with van der Waals surface area (Å²) < 4.78 is 0. The van der Waals surface area contributed by atoms with Crippen molar-refractivity contribution in [3.05, 3.63) is 42.5 Å². The molecule has 0 unspecified atom stereocenters. The Morgan fingerprint density at radius 2 is 2.00 bits per heavy atom. The van der Waals surface area contributed by atoms with E-state index in [2.05, 4.69) is 11.6 Å². The Balaban J connectivity index is 2.94. The molecule has 1 aromatic carbocycles. The van der Waals surface area contributed by atoms with Crippen LogP contribution in [0.3, 0.4) is 0 Å². The van der Waals surface area contributed by atoms with Gasteiger partial charge in [0.1, 0.15) is 0 Å². The molecule has 0 bridgehead atoms. The van der Waals surface area contributed by atoms with Gasteiger partial charge in [-0.15, -0.1) is 0 Å². The zero-order valence-corrected chi connectivity index (χ0v) is 5.95. The van der Waals surface area contributed by atoms with Crippen molar-refractivity contribution in [1.82, 2.24) is 0 Å². The van der Waals surface area contributed by atoms with Crippen LogP contribution < -0.4 is 0 Å². The van der Waals surface area contributed by atoms with Crippen molar-refractivity contribution >= 4 is 11.8 Å². The fraction of sp³-hybridized carbons (Fsp3) is 0. The normalized spacial score (nSPS) is 8.36. The Morgan fingerprint density at radius 3 is 2.55 bits per heavy atom. The zero-order chi connectivity index (χ0) is 8.10. The highest BCUT2D eigenvalue weighted by molar-refractivity contribution is 5.66. The van der Waals surface area contributed by atoms with Crippen molar-refractivity contribution in [2.24, 2.45) is 4.99 Å². The molecule has 0 spiro atoms. The topological polar surface area (TPSA) is 29.4 Å². The molecule has 0 aliphatic heterocycles. The van der Waals surface area contributed by atoms with Gasteiger partial charge in [0.25, 0.3) is 0 Å². The lowest BCUT2D eigenvalue weighted by Crippen LogP contribution is -1.75.